The fraction of sp³-hybridized carbons (Fsp3) is 0.217. The van der Waals surface area contributed by atoms with Gasteiger partial charge in [0.05, 0.1) is 18.2 Å². The number of aromatic amines is 1. The van der Waals surface area contributed by atoms with Crippen molar-refractivity contribution in [2.75, 3.05) is 12.8 Å². The van der Waals surface area contributed by atoms with E-state index in [1.807, 2.05) is 0 Å². The number of carbonyl (C=O) groups is 1. The lowest BCUT2D eigenvalue weighted by Crippen LogP contribution is -2.25. The van der Waals surface area contributed by atoms with Crippen molar-refractivity contribution >= 4 is 22.8 Å². The van der Waals surface area contributed by atoms with Crippen molar-refractivity contribution < 1.29 is 31.5 Å². The zero-order valence-corrected chi connectivity index (χ0v) is 19.2. The second-order valence-corrected chi connectivity index (χ2v) is 7.90. The van der Waals surface area contributed by atoms with Gasteiger partial charge in [0.15, 0.2) is 5.58 Å². The number of ether oxygens (including phenoxy) is 1. The number of amides is 1. The predicted molar refractivity (Wildman–Crippen MR) is 122 cm³/mol. The number of fused-ring (bicyclic) bond motifs is 1. The molecule has 0 radical (unpaired) electrons. The number of benzene rings is 2. The summed E-state index contributed by atoms with van der Waals surface area (Å²) in [7, 11) is 1.32. The maximum Gasteiger partial charge on any atom is 0.417 e. The molecule has 1 amide bonds. The third-order valence-corrected chi connectivity index (χ3v) is 5.67. The van der Waals surface area contributed by atoms with Gasteiger partial charge in [-0.1, -0.05) is 6.07 Å². The van der Waals surface area contributed by atoms with Gasteiger partial charge >= 0.3 is 11.9 Å². The number of hydrogen-bond donors (Lipinski definition) is 3. The Labute approximate surface area is 205 Å². The second kappa shape index (κ2) is 9.34. The number of nitriles is 1. The van der Waals surface area contributed by atoms with Crippen LogP contribution in [0.5, 0.6) is 5.75 Å². The molecule has 4 rings (SSSR count). The number of oxazole rings is 1. The summed E-state index contributed by atoms with van der Waals surface area (Å²) in [5, 5.41) is 16.0. The predicted octanol–water partition coefficient (Wildman–Crippen LogP) is 3.64. The van der Waals surface area contributed by atoms with Crippen LogP contribution in [0.15, 0.2) is 39.5 Å². The van der Waals surface area contributed by atoms with Crippen molar-refractivity contribution in [1.82, 2.24) is 20.1 Å². The minimum absolute atomic E-state index is 0.0339. The highest BCUT2D eigenvalue weighted by Crippen LogP contribution is 2.37. The van der Waals surface area contributed by atoms with Crippen molar-refractivity contribution in [2.24, 2.45) is 0 Å². The molecule has 0 bridgehead atoms. The number of nitrogens with two attached hydrogens (primary N) is 1. The molecule has 2 heterocycles. The second-order valence-electron chi connectivity index (χ2n) is 7.90. The number of nitrogens with zero attached hydrogens (tertiary/aromatic N) is 3. The third kappa shape index (κ3) is 4.58. The standard InChI is InChI=1S/C23H18F4N6O4/c1-10(23(25,26)27)33-20(29)15(8-28)18(32-33)13-5-3-11(17-19(13)37-22(35)31-17)9-30-21(34)14-7-12(24)4-6-16(14)36-2/h3-7,10H,9,29H2,1-2H3,(H,30,34)(H,31,35). The molecule has 1 unspecified atom stereocenters. The smallest absolute Gasteiger partial charge is 0.417 e. The molecule has 37 heavy (non-hydrogen) atoms. The zero-order valence-electron chi connectivity index (χ0n) is 19.2. The van der Waals surface area contributed by atoms with Gasteiger partial charge in [0, 0.05) is 12.1 Å². The molecule has 0 saturated heterocycles. The number of aromatic nitrogens is 3. The molecule has 0 fully saturated rings. The van der Waals surface area contributed by atoms with E-state index in [1.54, 1.807) is 6.07 Å². The van der Waals surface area contributed by atoms with E-state index in [9.17, 15) is 32.4 Å². The number of rotatable bonds is 6. The lowest BCUT2D eigenvalue weighted by Gasteiger charge is -2.17. The van der Waals surface area contributed by atoms with E-state index in [2.05, 4.69) is 15.4 Å². The number of halogens is 4. The maximum absolute atomic E-state index is 13.6. The highest BCUT2D eigenvalue weighted by Gasteiger charge is 2.40. The summed E-state index contributed by atoms with van der Waals surface area (Å²) in [6, 6.07) is 5.86. The van der Waals surface area contributed by atoms with Crippen LogP contribution in [0, 0.1) is 17.1 Å². The Morgan fingerprint density at radius 3 is 2.73 bits per heavy atom. The van der Waals surface area contributed by atoms with Crippen molar-refractivity contribution in [3.8, 4) is 23.1 Å². The Morgan fingerprint density at radius 1 is 1.35 bits per heavy atom. The minimum Gasteiger partial charge on any atom is -0.496 e. The Hall–Kier alpha value is -4.80. The monoisotopic (exact) mass is 518 g/mol. The lowest BCUT2D eigenvalue weighted by atomic mass is 10.0. The van der Waals surface area contributed by atoms with Gasteiger partial charge in [-0.2, -0.15) is 23.5 Å². The van der Waals surface area contributed by atoms with Crippen molar-refractivity contribution in [1.29, 1.82) is 5.26 Å². The van der Waals surface area contributed by atoms with Crippen LogP contribution in [0.4, 0.5) is 23.4 Å². The molecule has 4 N–H and O–H groups in total. The Balaban J connectivity index is 1.74. The third-order valence-electron chi connectivity index (χ3n) is 5.67. The van der Waals surface area contributed by atoms with Crippen molar-refractivity contribution in [3.63, 3.8) is 0 Å². The molecule has 2 aromatic heterocycles. The van der Waals surface area contributed by atoms with Gasteiger partial charge in [-0.05, 0) is 36.8 Å². The zero-order chi connectivity index (χ0) is 27.1. The number of alkyl halides is 3. The van der Waals surface area contributed by atoms with E-state index in [0.29, 0.717) is 10.2 Å². The molecule has 10 nitrogen and oxygen atoms in total. The molecule has 1 atom stereocenters. The van der Waals surface area contributed by atoms with Gasteiger partial charge in [0.1, 0.15) is 40.8 Å². The topological polar surface area (TPSA) is 152 Å². The van der Waals surface area contributed by atoms with Crippen molar-refractivity contribution in [2.45, 2.75) is 25.7 Å². The van der Waals surface area contributed by atoms with Crippen LogP contribution >= 0.6 is 0 Å². The van der Waals surface area contributed by atoms with Crippen LogP contribution in [0.2, 0.25) is 0 Å². The number of nitrogens with one attached hydrogen (secondary N) is 2. The van der Waals surface area contributed by atoms with Crippen LogP contribution < -0.4 is 21.5 Å². The Morgan fingerprint density at radius 2 is 2.08 bits per heavy atom. The van der Waals surface area contributed by atoms with Gasteiger partial charge in [-0.25, -0.2) is 13.9 Å². The summed E-state index contributed by atoms with van der Waals surface area (Å²) >= 11 is 0. The molecule has 0 aliphatic heterocycles. The van der Waals surface area contributed by atoms with Crippen LogP contribution in [0.1, 0.15) is 34.5 Å². The Bertz CT molecular complexity index is 1610. The summed E-state index contributed by atoms with van der Waals surface area (Å²) in [4.78, 5) is 27.1. The van der Waals surface area contributed by atoms with E-state index >= 15 is 0 Å². The molecular formula is C23H18F4N6O4. The highest BCUT2D eigenvalue weighted by atomic mass is 19.4. The van der Waals surface area contributed by atoms with Gasteiger partial charge in [-0.3, -0.25) is 9.78 Å². The number of methoxy groups -OCH3 is 1. The largest absolute Gasteiger partial charge is 0.496 e. The first-order valence-electron chi connectivity index (χ1n) is 10.6. The van der Waals surface area contributed by atoms with E-state index in [0.717, 1.165) is 19.1 Å². The van der Waals surface area contributed by atoms with Crippen LogP contribution in [-0.2, 0) is 6.54 Å². The van der Waals surface area contributed by atoms with Gasteiger partial charge in [0.2, 0.25) is 0 Å². The fourth-order valence-corrected chi connectivity index (χ4v) is 3.73. The van der Waals surface area contributed by atoms with Gasteiger partial charge < -0.3 is 20.2 Å². The summed E-state index contributed by atoms with van der Waals surface area (Å²) in [5.74, 6) is -2.57. The summed E-state index contributed by atoms with van der Waals surface area (Å²) in [6.07, 6.45) is -4.69. The molecule has 0 saturated carbocycles. The lowest BCUT2D eigenvalue weighted by molar-refractivity contribution is -0.164. The first kappa shape index (κ1) is 25.3. The number of carbonyl (C=O) groups excluding carboxylic acids is 1. The number of H-pyrrole nitrogens is 1. The van der Waals surface area contributed by atoms with Crippen LogP contribution in [-0.4, -0.2) is 34.0 Å². The van der Waals surface area contributed by atoms with Gasteiger partial charge in [-0.15, -0.1) is 0 Å². The average molecular weight is 518 g/mol. The first-order chi connectivity index (χ1) is 17.5. The molecule has 0 spiro atoms. The molecule has 192 valence electrons. The van der Waals surface area contributed by atoms with Crippen LogP contribution in [0.25, 0.3) is 22.4 Å². The van der Waals surface area contributed by atoms with E-state index in [-0.39, 0.29) is 45.8 Å². The molecule has 14 heteroatoms. The fourth-order valence-electron chi connectivity index (χ4n) is 3.73. The Kier molecular flexibility index (Phi) is 6.39. The number of anilines is 1. The van der Waals surface area contributed by atoms with Crippen molar-refractivity contribution in [3.05, 3.63) is 63.4 Å². The SMILES string of the molecule is COc1ccc(F)cc1C(=O)NCc1ccc(-c2nn(C(C)C(F)(F)F)c(N)c2C#N)c2oc(=O)[nH]c12. The quantitative estimate of drug-likeness (QED) is 0.330. The maximum atomic E-state index is 13.6. The highest BCUT2D eigenvalue weighted by molar-refractivity contribution is 5.97. The average Bonchev–Trinajstić information content (AvgIpc) is 3.40. The molecule has 0 aliphatic rings. The molecule has 2 aromatic carbocycles. The molecule has 0 aliphatic carbocycles. The van der Waals surface area contributed by atoms with Gasteiger partial charge in [0.25, 0.3) is 5.91 Å². The molecule has 4 aromatic rings. The minimum atomic E-state index is -4.69. The summed E-state index contributed by atoms with van der Waals surface area (Å²) in [6.45, 7) is 0.678. The van der Waals surface area contributed by atoms with E-state index in [4.69, 9.17) is 14.9 Å². The first-order valence-corrected chi connectivity index (χ1v) is 10.6. The summed E-state index contributed by atoms with van der Waals surface area (Å²) in [5.41, 5.74) is 5.56. The van der Waals surface area contributed by atoms with E-state index in [1.165, 1.54) is 25.3 Å². The molecular weight excluding hydrogens is 500 g/mol. The normalized spacial score (nSPS) is 12.4. The summed E-state index contributed by atoms with van der Waals surface area (Å²) < 4.78 is 64.3. The van der Waals surface area contributed by atoms with E-state index < -0.39 is 35.5 Å². The number of nitrogen functional groups attached to an aromatic ring is 1. The number of hydrogen-bond acceptors (Lipinski definition) is 7. The van der Waals surface area contributed by atoms with Crippen LogP contribution in [0.3, 0.4) is 0 Å².